The number of anilines is 1. The minimum atomic E-state index is -0.377. The zero-order valence-corrected chi connectivity index (χ0v) is 18.8. The summed E-state index contributed by atoms with van der Waals surface area (Å²) in [7, 11) is 0. The molecule has 2 aromatic heterocycles. The molecule has 1 aliphatic heterocycles. The van der Waals surface area contributed by atoms with Crippen LogP contribution in [0.25, 0.3) is 16.8 Å². The minimum Gasteiger partial charge on any atom is -0.462 e. The van der Waals surface area contributed by atoms with Crippen LogP contribution in [0.4, 0.5) is 5.00 Å². The Morgan fingerprint density at radius 3 is 2.94 bits per heavy atom. The first-order chi connectivity index (χ1) is 15.0. The zero-order valence-electron chi connectivity index (χ0n) is 17.1. The van der Waals surface area contributed by atoms with Gasteiger partial charge >= 0.3 is 5.97 Å². The Morgan fingerprint density at radius 1 is 1.35 bits per heavy atom. The van der Waals surface area contributed by atoms with Crippen LogP contribution in [0.2, 0.25) is 0 Å². The number of hydrogen-bond acceptors (Lipinski definition) is 9. The van der Waals surface area contributed by atoms with Crippen LogP contribution < -0.4 is 14.8 Å². The molecule has 1 N–H and O–H groups in total. The van der Waals surface area contributed by atoms with Gasteiger partial charge in [-0.2, -0.15) is 5.26 Å². The van der Waals surface area contributed by atoms with E-state index in [9.17, 15) is 10.1 Å². The van der Waals surface area contributed by atoms with E-state index in [1.54, 1.807) is 13.1 Å². The maximum Gasteiger partial charge on any atom is 0.341 e. The molecular formula is C22H19N3O4S2. The fraction of sp³-hybridized carbons (Fsp3) is 0.227. The molecule has 31 heavy (non-hydrogen) atoms. The molecular weight excluding hydrogens is 434 g/mol. The third kappa shape index (κ3) is 4.13. The summed E-state index contributed by atoms with van der Waals surface area (Å²) in [5.74, 6) is 1.01. The SMILES string of the molecule is CCOC(=O)c1c(NC=C(C#N)c2nc(-c3ccc4c(c3)OCO4)cs2)sc(C)c1C. The summed E-state index contributed by atoms with van der Waals surface area (Å²) in [6.45, 7) is 6.11. The average molecular weight is 454 g/mol. The number of hydrogen-bond donors (Lipinski definition) is 1. The van der Waals surface area contributed by atoms with Gasteiger partial charge in [0.15, 0.2) is 11.5 Å². The molecule has 7 nitrogen and oxygen atoms in total. The maximum absolute atomic E-state index is 12.4. The van der Waals surface area contributed by atoms with Crippen molar-refractivity contribution in [3.8, 4) is 28.8 Å². The fourth-order valence-electron chi connectivity index (χ4n) is 3.04. The predicted molar refractivity (Wildman–Crippen MR) is 121 cm³/mol. The number of aryl methyl sites for hydroxylation is 1. The van der Waals surface area contributed by atoms with E-state index in [0.717, 1.165) is 21.7 Å². The molecule has 1 aromatic carbocycles. The van der Waals surface area contributed by atoms with Crippen molar-refractivity contribution < 1.29 is 19.0 Å². The summed E-state index contributed by atoms with van der Waals surface area (Å²) in [5, 5.41) is 15.9. The molecule has 3 aromatic rings. The van der Waals surface area contributed by atoms with Gasteiger partial charge in [0.1, 0.15) is 21.7 Å². The normalized spacial score (nSPS) is 12.5. The third-order valence-corrected chi connectivity index (χ3v) is 6.75. The highest BCUT2D eigenvalue weighted by Gasteiger charge is 2.21. The molecule has 0 radical (unpaired) electrons. The van der Waals surface area contributed by atoms with E-state index in [-0.39, 0.29) is 12.8 Å². The van der Waals surface area contributed by atoms with E-state index < -0.39 is 0 Å². The molecule has 4 rings (SSSR count). The summed E-state index contributed by atoms with van der Waals surface area (Å²) in [6, 6.07) is 7.80. The predicted octanol–water partition coefficient (Wildman–Crippen LogP) is 5.37. The lowest BCUT2D eigenvalue weighted by atomic mass is 10.1. The van der Waals surface area contributed by atoms with Gasteiger partial charge in [-0.25, -0.2) is 9.78 Å². The number of fused-ring (bicyclic) bond motifs is 1. The Hall–Kier alpha value is -3.35. The van der Waals surface area contributed by atoms with E-state index in [1.807, 2.05) is 37.4 Å². The van der Waals surface area contributed by atoms with Crippen LogP contribution in [0.1, 0.15) is 32.7 Å². The smallest absolute Gasteiger partial charge is 0.341 e. The van der Waals surface area contributed by atoms with Crippen LogP contribution >= 0.6 is 22.7 Å². The Bertz CT molecular complexity index is 1220. The van der Waals surface area contributed by atoms with E-state index in [4.69, 9.17) is 14.2 Å². The number of nitrogens with one attached hydrogen (secondary N) is 1. The minimum absolute atomic E-state index is 0.212. The monoisotopic (exact) mass is 453 g/mol. The first-order valence-electron chi connectivity index (χ1n) is 9.51. The molecule has 0 unspecified atom stereocenters. The number of carbonyl (C=O) groups excluding carboxylic acids is 1. The fourth-order valence-corrected chi connectivity index (χ4v) is 4.86. The Morgan fingerprint density at radius 2 is 2.16 bits per heavy atom. The Labute approximate surface area is 187 Å². The first-order valence-corrected chi connectivity index (χ1v) is 11.2. The highest BCUT2D eigenvalue weighted by atomic mass is 32.1. The van der Waals surface area contributed by atoms with E-state index >= 15 is 0 Å². The topological polar surface area (TPSA) is 93.5 Å². The van der Waals surface area contributed by atoms with Crippen LogP contribution in [0.3, 0.4) is 0 Å². The highest BCUT2D eigenvalue weighted by Crippen LogP contribution is 2.37. The van der Waals surface area contributed by atoms with Gasteiger partial charge in [-0.05, 0) is 44.5 Å². The van der Waals surface area contributed by atoms with Crippen LogP contribution in [0.5, 0.6) is 11.5 Å². The molecule has 0 amide bonds. The molecule has 1 aliphatic rings. The van der Waals surface area contributed by atoms with Gasteiger partial charge in [-0.1, -0.05) is 0 Å². The Kier molecular flexibility index (Phi) is 5.93. The zero-order chi connectivity index (χ0) is 22.0. The van der Waals surface area contributed by atoms with E-state index in [2.05, 4.69) is 16.4 Å². The van der Waals surface area contributed by atoms with Crippen molar-refractivity contribution in [3.05, 3.63) is 50.8 Å². The van der Waals surface area contributed by atoms with Gasteiger partial charge in [0.05, 0.1) is 17.9 Å². The van der Waals surface area contributed by atoms with Gasteiger partial charge in [0.2, 0.25) is 6.79 Å². The molecule has 0 bridgehead atoms. The van der Waals surface area contributed by atoms with Gasteiger partial charge in [0.25, 0.3) is 0 Å². The second-order valence-electron chi connectivity index (χ2n) is 6.63. The number of esters is 1. The average Bonchev–Trinajstić information content (AvgIpc) is 3.48. The van der Waals surface area contributed by atoms with Gasteiger partial charge in [0, 0.05) is 22.0 Å². The van der Waals surface area contributed by atoms with Crippen molar-refractivity contribution in [2.75, 3.05) is 18.7 Å². The molecule has 0 spiro atoms. The number of nitriles is 1. The van der Waals surface area contributed by atoms with E-state index in [0.29, 0.717) is 39.3 Å². The molecule has 0 saturated heterocycles. The van der Waals surface area contributed by atoms with Crippen molar-refractivity contribution in [1.29, 1.82) is 5.26 Å². The van der Waals surface area contributed by atoms with Crippen molar-refractivity contribution in [3.63, 3.8) is 0 Å². The molecule has 0 aliphatic carbocycles. The van der Waals surface area contributed by atoms with Crippen LogP contribution in [-0.4, -0.2) is 24.4 Å². The van der Waals surface area contributed by atoms with Crippen molar-refractivity contribution in [1.82, 2.24) is 4.98 Å². The number of allylic oxidation sites excluding steroid dienone is 1. The highest BCUT2D eigenvalue weighted by molar-refractivity contribution is 7.16. The van der Waals surface area contributed by atoms with Crippen molar-refractivity contribution >= 4 is 39.2 Å². The lowest BCUT2D eigenvalue weighted by Crippen LogP contribution is -2.07. The van der Waals surface area contributed by atoms with Crippen LogP contribution in [-0.2, 0) is 4.74 Å². The molecule has 0 atom stereocenters. The summed E-state index contributed by atoms with van der Waals surface area (Å²) >= 11 is 2.82. The first kappa shape index (κ1) is 20.9. The molecule has 0 fully saturated rings. The number of benzene rings is 1. The summed E-state index contributed by atoms with van der Waals surface area (Å²) in [4.78, 5) is 18.0. The van der Waals surface area contributed by atoms with E-state index in [1.165, 1.54) is 22.7 Å². The van der Waals surface area contributed by atoms with Gasteiger partial charge < -0.3 is 19.5 Å². The molecule has 158 valence electrons. The molecule has 3 heterocycles. The van der Waals surface area contributed by atoms with Crippen LogP contribution in [0.15, 0.2) is 29.8 Å². The quantitative estimate of drug-likeness (QED) is 0.396. The number of thiazole rings is 1. The van der Waals surface area contributed by atoms with Crippen molar-refractivity contribution in [2.24, 2.45) is 0 Å². The van der Waals surface area contributed by atoms with Gasteiger partial charge in [-0.15, -0.1) is 22.7 Å². The number of rotatable bonds is 6. The lowest BCUT2D eigenvalue weighted by Gasteiger charge is -2.05. The lowest BCUT2D eigenvalue weighted by molar-refractivity contribution is 0.0527. The summed E-state index contributed by atoms with van der Waals surface area (Å²) in [5.41, 5.74) is 3.37. The largest absolute Gasteiger partial charge is 0.462 e. The third-order valence-electron chi connectivity index (χ3n) is 4.74. The number of ether oxygens (including phenoxy) is 3. The number of thiophene rings is 1. The standard InChI is InChI=1S/C22H19N3O4S2/c1-4-27-22(26)19-12(2)13(3)31-21(19)24-9-15(8-23)20-25-16(10-30-20)14-5-6-17-18(7-14)29-11-28-17/h5-7,9-10,24H,4,11H2,1-3H3. The maximum atomic E-state index is 12.4. The van der Waals surface area contributed by atoms with Gasteiger partial charge in [-0.3, -0.25) is 0 Å². The second-order valence-corrected chi connectivity index (χ2v) is 8.71. The van der Waals surface area contributed by atoms with Crippen molar-refractivity contribution in [2.45, 2.75) is 20.8 Å². The Balaban J connectivity index is 1.59. The van der Waals surface area contributed by atoms with Crippen LogP contribution in [0, 0.1) is 25.2 Å². The molecule has 0 saturated carbocycles. The molecule has 9 heteroatoms. The summed E-state index contributed by atoms with van der Waals surface area (Å²) in [6.07, 6.45) is 1.58. The number of carbonyl (C=O) groups is 1. The number of aromatic nitrogens is 1. The second kappa shape index (κ2) is 8.79. The summed E-state index contributed by atoms with van der Waals surface area (Å²) < 4.78 is 15.9. The number of nitrogens with zero attached hydrogens (tertiary/aromatic N) is 2.